The van der Waals surface area contributed by atoms with Crippen LogP contribution in [0.5, 0.6) is 0 Å². The van der Waals surface area contributed by atoms with Crippen molar-refractivity contribution in [3.05, 3.63) is 38.2 Å². The Hall–Kier alpha value is -1.84. The summed E-state index contributed by atoms with van der Waals surface area (Å²) in [5, 5.41) is 10.0. The molecule has 0 bridgehead atoms. The van der Waals surface area contributed by atoms with E-state index in [2.05, 4.69) is 21.3 Å². The molecule has 0 radical (unpaired) electrons. The monoisotopic (exact) mass is 308 g/mol. The van der Waals surface area contributed by atoms with E-state index in [9.17, 15) is 4.79 Å². The second-order valence-corrected chi connectivity index (χ2v) is 5.92. The molecule has 0 fully saturated rings. The van der Waals surface area contributed by atoms with Crippen molar-refractivity contribution in [3.63, 3.8) is 0 Å². The molecule has 1 N–H and O–H groups in total. The number of rotatable bonds is 4. The number of halogens is 1. The van der Waals surface area contributed by atoms with E-state index in [0.717, 1.165) is 5.01 Å². The maximum absolute atomic E-state index is 12.3. The highest BCUT2D eigenvalue weighted by atomic mass is 35.5. The molecule has 0 aliphatic rings. The highest BCUT2D eigenvalue weighted by molar-refractivity contribution is 7.09. The van der Waals surface area contributed by atoms with Crippen molar-refractivity contribution in [2.45, 2.75) is 25.9 Å². The van der Waals surface area contributed by atoms with E-state index in [1.165, 1.54) is 22.2 Å². The molecular weight excluding hydrogens is 296 g/mol. The third-order valence-electron chi connectivity index (χ3n) is 2.64. The van der Waals surface area contributed by atoms with Gasteiger partial charge < -0.3 is 5.32 Å². The van der Waals surface area contributed by atoms with Gasteiger partial charge in [0.15, 0.2) is 0 Å². The first kappa shape index (κ1) is 14.6. The Morgan fingerprint density at radius 2 is 2.35 bits per heavy atom. The standard InChI is InChI=1S/C13H13ClN4OS/c1-4-6-18-11(19)10(9(14)8-16-18)17-13(2,3)12-15-5-7-20-12/h1,5,7-8,17H,6H2,2-3H3. The Labute approximate surface area is 125 Å². The number of anilines is 1. The summed E-state index contributed by atoms with van der Waals surface area (Å²) in [7, 11) is 0. The maximum Gasteiger partial charge on any atom is 0.292 e. The molecule has 0 aromatic carbocycles. The van der Waals surface area contributed by atoms with Gasteiger partial charge in [0.05, 0.1) is 16.8 Å². The number of terminal acetylenes is 1. The van der Waals surface area contributed by atoms with Crippen molar-refractivity contribution >= 4 is 28.6 Å². The molecule has 20 heavy (non-hydrogen) atoms. The molecule has 0 unspecified atom stereocenters. The van der Waals surface area contributed by atoms with Gasteiger partial charge in [0.2, 0.25) is 0 Å². The molecule has 0 atom stereocenters. The van der Waals surface area contributed by atoms with Crippen LogP contribution in [0.25, 0.3) is 0 Å². The number of nitrogens with zero attached hydrogens (tertiary/aromatic N) is 3. The van der Waals surface area contributed by atoms with E-state index in [0.29, 0.717) is 0 Å². The molecule has 2 aromatic rings. The lowest BCUT2D eigenvalue weighted by Gasteiger charge is -2.25. The van der Waals surface area contributed by atoms with Gasteiger partial charge in [0.25, 0.3) is 5.56 Å². The number of aromatic nitrogens is 3. The van der Waals surface area contributed by atoms with Gasteiger partial charge in [0, 0.05) is 11.6 Å². The van der Waals surface area contributed by atoms with Gasteiger partial charge in [0.1, 0.15) is 17.2 Å². The summed E-state index contributed by atoms with van der Waals surface area (Å²) >= 11 is 7.56. The zero-order valence-electron chi connectivity index (χ0n) is 11.1. The van der Waals surface area contributed by atoms with Crippen LogP contribution in [0.3, 0.4) is 0 Å². The Balaban J connectivity index is 2.41. The lowest BCUT2D eigenvalue weighted by molar-refractivity contribution is 0.595. The molecule has 7 heteroatoms. The SMILES string of the molecule is C#CCn1ncc(Cl)c(NC(C)(C)c2nccs2)c1=O. The predicted molar refractivity (Wildman–Crippen MR) is 81.1 cm³/mol. The van der Waals surface area contributed by atoms with Gasteiger partial charge >= 0.3 is 0 Å². The summed E-state index contributed by atoms with van der Waals surface area (Å²) in [5.41, 5.74) is -0.594. The smallest absolute Gasteiger partial charge is 0.292 e. The Morgan fingerprint density at radius 3 is 2.95 bits per heavy atom. The van der Waals surface area contributed by atoms with E-state index in [1.807, 2.05) is 19.2 Å². The van der Waals surface area contributed by atoms with Gasteiger partial charge in [-0.05, 0) is 13.8 Å². The van der Waals surface area contributed by atoms with Crippen LogP contribution in [-0.4, -0.2) is 14.8 Å². The minimum atomic E-state index is -0.522. The first-order chi connectivity index (χ1) is 9.45. The number of hydrogen-bond acceptors (Lipinski definition) is 5. The van der Waals surface area contributed by atoms with E-state index in [4.69, 9.17) is 18.0 Å². The molecule has 104 valence electrons. The predicted octanol–water partition coefficient (Wildman–Crippen LogP) is 2.33. The van der Waals surface area contributed by atoms with Gasteiger partial charge in [-0.3, -0.25) is 4.79 Å². The van der Waals surface area contributed by atoms with E-state index in [1.54, 1.807) is 6.20 Å². The van der Waals surface area contributed by atoms with Crippen LogP contribution in [0.2, 0.25) is 5.02 Å². The van der Waals surface area contributed by atoms with Gasteiger partial charge in [-0.15, -0.1) is 17.8 Å². The lowest BCUT2D eigenvalue weighted by Crippen LogP contribution is -2.34. The minimum absolute atomic E-state index is 0.0996. The fourth-order valence-electron chi connectivity index (χ4n) is 1.68. The number of hydrogen-bond donors (Lipinski definition) is 1. The van der Waals surface area contributed by atoms with Crippen molar-refractivity contribution in [2.75, 3.05) is 5.32 Å². The van der Waals surface area contributed by atoms with Crippen LogP contribution >= 0.6 is 22.9 Å². The maximum atomic E-state index is 12.3. The Kier molecular flexibility index (Phi) is 4.12. The Morgan fingerprint density at radius 1 is 1.60 bits per heavy atom. The fraction of sp³-hybridized carbons (Fsp3) is 0.308. The van der Waals surface area contributed by atoms with Gasteiger partial charge in [-0.1, -0.05) is 17.5 Å². The van der Waals surface area contributed by atoms with E-state index >= 15 is 0 Å². The summed E-state index contributed by atoms with van der Waals surface area (Å²) < 4.78 is 1.19. The van der Waals surface area contributed by atoms with Crippen molar-refractivity contribution < 1.29 is 0 Å². The highest BCUT2D eigenvalue weighted by Crippen LogP contribution is 2.28. The fourth-order valence-corrected chi connectivity index (χ4v) is 2.57. The molecule has 2 heterocycles. The molecule has 0 amide bonds. The number of thiazole rings is 1. The molecule has 0 aliphatic heterocycles. The van der Waals surface area contributed by atoms with Crippen LogP contribution < -0.4 is 10.9 Å². The highest BCUT2D eigenvalue weighted by Gasteiger charge is 2.25. The average Bonchev–Trinajstić information content (AvgIpc) is 2.93. The molecule has 5 nitrogen and oxygen atoms in total. The minimum Gasteiger partial charge on any atom is -0.368 e. The molecule has 0 aliphatic carbocycles. The summed E-state index contributed by atoms with van der Waals surface area (Å²) in [6.45, 7) is 3.95. The second kappa shape index (κ2) is 5.65. The summed E-state index contributed by atoms with van der Waals surface area (Å²) in [6, 6.07) is 0. The normalized spacial score (nSPS) is 11.1. The van der Waals surface area contributed by atoms with Crippen LogP contribution in [0.4, 0.5) is 5.69 Å². The molecular formula is C13H13ClN4OS. The van der Waals surface area contributed by atoms with Crippen LogP contribution in [0.1, 0.15) is 18.9 Å². The quantitative estimate of drug-likeness (QED) is 0.881. The van der Waals surface area contributed by atoms with Crippen molar-refractivity contribution in [1.82, 2.24) is 14.8 Å². The topological polar surface area (TPSA) is 59.8 Å². The second-order valence-electron chi connectivity index (χ2n) is 4.62. The van der Waals surface area contributed by atoms with Crippen LogP contribution in [0.15, 0.2) is 22.6 Å². The summed E-state index contributed by atoms with van der Waals surface area (Å²) in [5.74, 6) is 2.38. The van der Waals surface area contributed by atoms with Crippen molar-refractivity contribution in [2.24, 2.45) is 0 Å². The number of nitrogens with one attached hydrogen (secondary N) is 1. The first-order valence-corrected chi connectivity index (χ1v) is 7.08. The lowest BCUT2D eigenvalue weighted by atomic mass is 10.1. The molecule has 2 rings (SSSR count). The molecule has 0 saturated heterocycles. The zero-order chi connectivity index (χ0) is 14.8. The van der Waals surface area contributed by atoms with E-state index in [-0.39, 0.29) is 22.8 Å². The first-order valence-electron chi connectivity index (χ1n) is 5.83. The summed E-state index contributed by atoms with van der Waals surface area (Å²) in [4.78, 5) is 16.5. The molecule has 2 aromatic heterocycles. The van der Waals surface area contributed by atoms with Crippen LogP contribution in [0, 0.1) is 12.3 Å². The van der Waals surface area contributed by atoms with Crippen LogP contribution in [-0.2, 0) is 12.1 Å². The van der Waals surface area contributed by atoms with Crippen molar-refractivity contribution in [3.8, 4) is 12.3 Å². The third-order valence-corrected chi connectivity index (χ3v) is 4.03. The van der Waals surface area contributed by atoms with Gasteiger partial charge in [-0.25, -0.2) is 9.67 Å². The largest absolute Gasteiger partial charge is 0.368 e. The average molecular weight is 309 g/mol. The molecule has 0 saturated carbocycles. The summed E-state index contributed by atoms with van der Waals surface area (Å²) in [6.07, 6.45) is 8.33. The van der Waals surface area contributed by atoms with E-state index < -0.39 is 5.54 Å². The third kappa shape index (κ3) is 2.84. The Bertz CT molecular complexity index is 700. The van der Waals surface area contributed by atoms with Crippen molar-refractivity contribution in [1.29, 1.82) is 0 Å². The molecule has 0 spiro atoms. The zero-order valence-corrected chi connectivity index (χ0v) is 12.6. The van der Waals surface area contributed by atoms with Gasteiger partial charge in [-0.2, -0.15) is 5.10 Å².